The van der Waals surface area contributed by atoms with Gasteiger partial charge in [-0.05, 0) is 105 Å². The van der Waals surface area contributed by atoms with E-state index in [1.165, 1.54) is 51.5 Å². The summed E-state index contributed by atoms with van der Waals surface area (Å²) in [4.78, 5) is 13.0. The van der Waals surface area contributed by atoms with Crippen molar-refractivity contribution in [1.29, 1.82) is 0 Å². The molecule has 0 aliphatic carbocycles. The zero-order valence-electron chi connectivity index (χ0n) is 23.1. The van der Waals surface area contributed by atoms with Gasteiger partial charge in [-0.25, -0.2) is 13.8 Å². The Labute approximate surface area is 241 Å². The number of hydrazone groups is 1. The lowest BCUT2D eigenvalue weighted by Crippen LogP contribution is -2.44. The van der Waals surface area contributed by atoms with Crippen LogP contribution in [0, 0.1) is 20.8 Å². The first-order chi connectivity index (χ1) is 19.1. The monoisotopic (exact) mass is 583 g/mol. The number of aryl methyl sites for hydroxylation is 3. The number of benzene rings is 3. The van der Waals surface area contributed by atoms with Crippen molar-refractivity contribution < 1.29 is 22.7 Å². The van der Waals surface area contributed by atoms with Gasteiger partial charge in [0.05, 0.1) is 17.7 Å². The number of ether oxygens (including phenoxy) is 2. The Kier molecular flexibility index (Phi) is 9.50. The van der Waals surface area contributed by atoms with Crippen LogP contribution in [0.3, 0.4) is 0 Å². The van der Waals surface area contributed by atoms with Gasteiger partial charge in [-0.15, -0.1) is 0 Å². The number of hydrogen-bond acceptors (Lipinski definition) is 6. The second kappa shape index (κ2) is 12.8. The summed E-state index contributed by atoms with van der Waals surface area (Å²) in [5.74, 6) is 0.688. The number of carbonyl (C=O) groups excluding carboxylic acids is 1. The van der Waals surface area contributed by atoms with Crippen molar-refractivity contribution in [2.75, 3.05) is 13.2 Å². The Bertz CT molecular complexity index is 1480. The summed E-state index contributed by atoms with van der Waals surface area (Å²) in [6, 6.07) is 14.8. The molecule has 4 rings (SSSR count). The first-order valence-corrected chi connectivity index (χ1v) is 15.0. The Morgan fingerprint density at radius 2 is 1.75 bits per heavy atom. The smallest absolute Gasteiger partial charge is 0.258 e. The lowest BCUT2D eigenvalue weighted by molar-refractivity contribution is -0.124. The van der Waals surface area contributed by atoms with Crippen molar-refractivity contribution in [3.63, 3.8) is 0 Å². The van der Waals surface area contributed by atoms with Crippen molar-refractivity contribution in [3.05, 3.63) is 87.4 Å². The zero-order valence-corrected chi connectivity index (χ0v) is 24.7. The molecule has 0 unspecified atom stereocenters. The van der Waals surface area contributed by atoms with E-state index in [-0.39, 0.29) is 11.4 Å². The van der Waals surface area contributed by atoms with Crippen molar-refractivity contribution in [1.82, 2.24) is 9.73 Å². The lowest BCUT2D eigenvalue weighted by Gasteiger charge is -2.22. The predicted molar refractivity (Wildman–Crippen MR) is 157 cm³/mol. The number of nitrogens with zero attached hydrogens (tertiary/aromatic N) is 2. The molecule has 1 saturated heterocycles. The molecule has 1 aliphatic rings. The van der Waals surface area contributed by atoms with Gasteiger partial charge in [0.2, 0.25) is 10.0 Å². The highest BCUT2D eigenvalue weighted by Crippen LogP contribution is 2.30. The maximum absolute atomic E-state index is 13.1. The number of hydrogen-bond donors (Lipinski definition) is 1. The van der Waals surface area contributed by atoms with Crippen LogP contribution >= 0.6 is 11.6 Å². The van der Waals surface area contributed by atoms with Gasteiger partial charge in [0.15, 0.2) is 11.5 Å². The minimum absolute atomic E-state index is 0.0959. The molecule has 40 heavy (non-hydrogen) atoms. The molecular weight excluding hydrogens is 550 g/mol. The van der Waals surface area contributed by atoms with Crippen molar-refractivity contribution >= 4 is 33.7 Å². The quantitative estimate of drug-likeness (QED) is 0.249. The zero-order chi connectivity index (χ0) is 28.9. The highest BCUT2D eigenvalue weighted by atomic mass is 35.5. The third kappa shape index (κ3) is 6.83. The molecular formula is C30H34ClN3O5S. The molecule has 0 saturated carbocycles. The molecule has 1 heterocycles. The fourth-order valence-electron chi connectivity index (χ4n) is 4.86. The van der Waals surface area contributed by atoms with E-state index in [1.807, 2.05) is 19.1 Å². The van der Waals surface area contributed by atoms with Gasteiger partial charge in [-0.1, -0.05) is 29.3 Å². The van der Waals surface area contributed by atoms with E-state index in [1.54, 1.807) is 6.07 Å². The second-order valence-corrected chi connectivity index (χ2v) is 12.1. The molecule has 1 amide bonds. The fourth-order valence-corrected chi connectivity index (χ4v) is 6.64. The molecule has 3 aromatic carbocycles. The molecule has 0 radical (unpaired) electrons. The van der Waals surface area contributed by atoms with Crippen molar-refractivity contribution in [2.24, 2.45) is 5.10 Å². The molecule has 0 aromatic heterocycles. The second-order valence-electron chi connectivity index (χ2n) is 9.77. The van der Waals surface area contributed by atoms with Crippen LogP contribution in [0.5, 0.6) is 11.5 Å². The van der Waals surface area contributed by atoms with E-state index in [4.69, 9.17) is 21.1 Å². The highest BCUT2D eigenvalue weighted by molar-refractivity contribution is 7.89. The van der Waals surface area contributed by atoms with Gasteiger partial charge >= 0.3 is 0 Å². The summed E-state index contributed by atoms with van der Waals surface area (Å²) in [6.45, 7) is 9.25. The van der Waals surface area contributed by atoms with E-state index in [9.17, 15) is 13.2 Å². The topological polar surface area (TPSA) is 97.3 Å². The van der Waals surface area contributed by atoms with Crippen LogP contribution in [0.4, 0.5) is 0 Å². The Hall–Kier alpha value is -3.40. The minimum atomic E-state index is -3.85. The van der Waals surface area contributed by atoms with E-state index in [2.05, 4.69) is 43.4 Å². The van der Waals surface area contributed by atoms with Crippen molar-refractivity contribution in [3.8, 4) is 11.5 Å². The third-order valence-corrected chi connectivity index (χ3v) is 8.97. The summed E-state index contributed by atoms with van der Waals surface area (Å²) in [7, 11) is -3.85. The van der Waals surface area contributed by atoms with Crippen LogP contribution in [-0.2, 0) is 21.4 Å². The maximum atomic E-state index is 13.1. The van der Waals surface area contributed by atoms with E-state index in [0.717, 1.165) is 5.56 Å². The number of nitrogens with one attached hydrogen (secondary N) is 1. The average molecular weight is 584 g/mol. The van der Waals surface area contributed by atoms with Crippen LogP contribution in [-0.4, -0.2) is 44.0 Å². The number of rotatable bonds is 10. The van der Waals surface area contributed by atoms with Crippen LogP contribution in [0.25, 0.3) is 0 Å². The molecule has 3 aromatic rings. The SMILES string of the molecule is CCOc1cc(/C=N\NC(=O)[C@@H]2CCCN2S(=O)(=O)c2ccc(Cl)cc2)ccc1OCc1c(C)cc(C)cc1C. The van der Waals surface area contributed by atoms with E-state index < -0.39 is 22.0 Å². The summed E-state index contributed by atoms with van der Waals surface area (Å²) >= 11 is 5.90. The third-order valence-electron chi connectivity index (χ3n) is 6.79. The molecule has 1 N–H and O–H groups in total. The molecule has 0 bridgehead atoms. The predicted octanol–water partition coefficient (Wildman–Crippen LogP) is 5.55. The van der Waals surface area contributed by atoms with Gasteiger partial charge in [-0.3, -0.25) is 4.79 Å². The summed E-state index contributed by atoms with van der Waals surface area (Å²) in [5.41, 5.74) is 7.90. The van der Waals surface area contributed by atoms with Gasteiger partial charge in [0.25, 0.3) is 5.91 Å². The number of halogens is 1. The van der Waals surface area contributed by atoms with Crippen LogP contribution in [0.15, 0.2) is 64.6 Å². The highest BCUT2D eigenvalue weighted by Gasteiger charge is 2.39. The van der Waals surface area contributed by atoms with Crippen LogP contribution < -0.4 is 14.9 Å². The Morgan fingerprint density at radius 3 is 2.42 bits per heavy atom. The van der Waals surface area contributed by atoms with Crippen LogP contribution in [0.2, 0.25) is 5.02 Å². The normalized spacial score (nSPS) is 15.9. The molecule has 1 aliphatic heterocycles. The first kappa shape index (κ1) is 29.6. The summed E-state index contributed by atoms with van der Waals surface area (Å²) in [6.07, 6.45) is 2.48. The number of sulfonamides is 1. The van der Waals surface area contributed by atoms with Gasteiger partial charge in [0, 0.05) is 11.6 Å². The molecule has 8 nitrogen and oxygen atoms in total. The van der Waals surface area contributed by atoms with Crippen molar-refractivity contribution in [2.45, 2.75) is 58.1 Å². The van der Waals surface area contributed by atoms with Gasteiger partial charge in [0.1, 0.15) is 12.6 Å². The lowest BCUT2D eigenvalue weighted by atomic mass is 10.0. The van der Waals surface area contributed by atoms with E-state index >= 15 is 0 Å². The number of amides is 1. The summed E-state index contributed by atoms with van der Waals surface area (Å²) in [5, 5.41) is 4.52. The first-order valence-electron chi connectivity index (χ1n) is 13.2. The Morgan fingerprint density at radius 1 is 1.05 bits per heavy atom. The molecule has 1 fully saturated rings. The van der Waals surface area contributed by atoms with Gasteiger partial charge < -0.3 is 9.47 Å². The molecule has 10 heteroatoms. The summed E-state index contributed by atoms with van der Waals surface area (Å²) < 4.78 is 39.4. The van der Waals surface area contributed by atoms with Crippen LogP contribution in [0.1, 0.15) is 47.6 Å². The minimum Gasteiger partial charge on any atom is -0.490 e. The fraction of sp³-hybridized carbons (Fsp3) is 0.333. The maximum Gasteiger partial charge on any atom is 0.258 e. The Balaban J connectivity index is 1.42. The van der Waals surface area contributed by atoms with E-state index in [0.29, 0.717) is 48.1 Å². The molecule has 0 spiro atoms. The average Bonchev–Trinajstić information content (AvgIpc) is 3.41. The molecule has 212 valence electrons. The molecule has 1 atom stereocenters. The standard InChI is InChI=1S/C30H34ClN3O5S/c1-5-38-29-17-23(8-13-28(29)39-19-26-21(3)15-20(2)16-22(26)4)18-32-33-30(35)27-7-6-14-34(27)40(36,37)25-11-9-24(31)10-12-25/h8-13,15-18,27H,5-7,14,19H2,1-4H3,(H,33,35)/b32-18-/t27-/m0/s1. The van der Waals surface area contributed by atoms with Gasteiger partial charge in [-0.2, -0.15) is 9.41 Å². The number of carbonyl (C=O) groups is 1. The largest absolute Gasteiger partial charge is 0.490 e.